The van der Waals surface area contributed by atoms with Crippen LogP contribution < -0.4 is 5.73 Å². The fourth-order valence-electron chi connectivity index (χ4n) is 2.88. The van der Waals surface area contributed by atoms with E-state index in [1.54, 1.807) is 0 Å². The zero-order valence-electron chi connectivity index (χ0n) is 11.3. The second-order valence-corrected chi connectivity index (χ2v) is 5.44. The molecule has 0 aromatic heterocycles. The normalized spacial score (nSPS) is 21.2. The lowest BCUT2D eigenvalue weighted by atomic mass is 9.82. The molecule has 1 saturated heterocycles. The van der Waals surface area contributed by atoms with Gasteiger partial charge in [-0.05, 0) is 37.8 Å². The number of hydrogen-bond acceptors (Lipinski definition) is 2. The molecule has 1 aliphatic rings. The van der Waals surface area contributed by atoms with Gasteiger partial charge in [0.1, 0.15) is 0 Å². The van der Waals surface area contributed by atoms with Gasteiger partial charge in [0, 0.05) is 13.1 Å². The Bertz CT molecular complexity index is 162. The minimum Gasteiger partial charge on any atom is -0.329 e. The molecule has 0 aromatic carbocycles. The average Bonchev–Trinajstić information content (AvgIpc) is 2.30. The van der Waals surface area contributed by atoms with E-state index < -0.39 is 0 Å². The molecule has 0 aliphatic carbocycles. The molecule has 1 unspecified atom stereocenters. The van der Waals surface area contributed by atoms with Crippen LogP contribution in [-0.2, 0) is 0 Å². The SMILES string of the molecule is CCCCCC(C)C1CCN(CCN)CC1. The number of likely N-dealkylation sites (tertiary alicyclic amines) is 1. The number of unbranched alkanes of at least 4 members (excludes halogenated alkanes) is 2. The van der Waals surface area contributed by atoms with Crippen LogP contribution in [0.15, 0.2) is 0 Å². The fraction of sp³-hybridized carbons (Fsp3) is 1.00. The maximum atomic E-state index is 5.59. The summed E-state index contributed by atoms with van der Waals surface area (Å²) < 4.78 is 0. The van der Waals surface area contributed by atoms with E-state index >= 15 is 0 Å². The lowest BCUT2D eigenvalue weighted by molar-refractivity contribution is 0.150. The molecule has 16 heavy (non-hydrogen) atoms. The number of piperidine rings is 1. The fourth-order valence-corrected chi connectivity index (χ4v) is 2.88. The summed E-state index contributed by atoms with van der Waals surface area (Å²) in [5.74, 6) is 1.91. The van der Waals surface area contributed by atoms with Crippen LogP contribution >= 0.6 is 0 Å². The Morgan fingerprint density at radius 1 is 1.25 bits per heavy atom. The second kappa shape index (κ2) is 8.08. The monoisotopic (exact) mass is 226 g/mol. The summed E-state index contributed by atoms with van der Waals surface area (Å²) in [6.07, 6.45) is 8.43. The molecule has 1 aliphatic heterocycles. The Morgan fingerprint density at radius 2 is 1.94 bits per heavy atom. The van der Waals surface area contributed by atoms with Gasteiger partial charge in [-0.3, -0.25) is 0 Å². The number of nitrogens with two attached hydrogens (primary N) is 1. The quantitative estimate of drug-likeness (QED) is 0.676. The van der Waals surface area contributed by atoms with Crippen LogP contribution in [0.2, 0.25) is 0 Å². The van der Waals surface area contributed by atoms with E-state index in [0.717, 1.165) is 24.9 Å². The third kappa shape index (κ3) is 4.84. The van der Waals surface area contributed by atoms with Gasteiger partial charge in [-0.25, -0.2) is 0 Å². The third-order valence-electron chi connectivity index (χ3n) is 4.15. The van der Waals surface area contributed by atoms with E-state index in [1.807, 2.05) is 0 Å². The summed E-state index contributed by atoms with van der Waals surface area (Å²) >= 11 is 0. The molecular formula is C14H30N2. The highest BCUT2D eigenvalue weighted by molar-refractivity contribution is 4.76. The van der Waals surface area contributed by atoms with E-state index in [0.29, 0.717) is 0 Å². The average molecular weight is 226 g/mol. The van der Waals surface area contributed by atoms with Gasteiger partial charge in [0.15, 0.2) is 0 Å². The van der Waals surface area contributed by atoms with Crippen molar-refractivity contribution in [1.82, 2.24) is 4.90 Å². The summed E-state index contributed by atoms with van der Waals surface area (Å²) in [6, 6.07) is 0. The van der Waals surface area contributed by atoms with E-state index in [4.69, 9.17) is 5.73 Å². The summed E-state index contributed by atoms with van der Waals surface area (Å²) in [5, 5.41) is 0. The van der Waals surface area contributed by atoms with Crippen LogP contribution in [0.1, 0.15) is 52.4 Å². The number of nitrogens with zero attached hydrogens (tertiary/aromatic N) is 1. The highest BCUT2D eigenvalue weighted by atomic mass is 15.1. The molecule has 1 rings (SSSR count). The molecule has 1 fully saturated rings. The molecule has 0 spiro atoms. The minimum atomic E-state index is 0.816. The summed E-state index contributed by atoms with van der Waals surface area (Å²) in [4.78, 5) is 2.52. The molecular weight excluding hydrogens is 196 g/mol. The van der Waals surface area contributed by atoms with Gasteiger partial charge < -0.3 is 10.6 Å². The minimum absolute atomic E-state index is 0.816. The van der Waals surface area contributed by atoms with Gasteiger partial charge in [-0.1, -0.05) is 39.5 Å². The van der Waals surface area contributed by atoms with Crippen molar-refractivity contribution in [3.05, 3.63) is 0 Å². The second-order valence-electron chi connectivity index (χ2n) is 5.44. The molecule has 2 heteroatoms. The number of hydrogen-bond donors (Lipinski definition) is 1. The predicted octanol–water partition coefficient (Wildman–Crippen LogP) is 2.87. The first-order chi connectivity index (χ1) is 7.77. The van der Waals surface area contributed by atoms with Crippen molar-refractivity contribution < 1.29 is 0 Å². The van der Waals surface area contributed by atoms with Gasteiger partial charge in [-0.2, -0.15) is 0 Å². The van der Waals surface area contributed by atoms with Crippen molar-refractivity contribution in [3.8, 4) is 0 Å². The Kier molecular flexibility index (Phi) is 7.06. The van der Waals surface area contributed by atoms with Gasteiger partial charge in [0.25, 0.3) is 0 Å². The van der Waals surface area contributed by atoms with E-state index in [1.165, 1.54) is 51.6 Å². The van der Waals surface area contributed by atoms with Crippen LogP contribution in [0.5, 0.6) is 0 Å². The molecule has 0 amide bonds. The van der Waals surface area contributed by atoms with Gasteiger partial charge in [0.05, 0.1) is 0 Å². The molecule has 0 aromatic rings. The molecule has 0 saturated carbocycles. The summed E-state index contributed by atoms with van der Waals surface area (Å²) in [7, 11) is 0. The Hall–Kier alpha value is -0.0800. The van der Waals surface area contributed by atoms with Gasteiger partial charge in [0.2, 0.25) is 0 Å². The summed E-state index contributed by atoms with van der Waals surface area (Å²) in [5.41, 5.74) is 5.59. The van der Waals surface area contributed by atoms with E-state index in [-0.39, 0.29) is 0 Å². The van der Waals surface area contributed by atoms with Crippen molar-refractivity contribution in [1.29, 1.82) is 0 Å². The molecule has 0 bridgehead atoms. The maximum absolute atomic E-state index is 5.59. The van der Waals surface area contributed by atoms with Crippen LogP contribution in [0.3, 0.4) is 0 Å². The van der Waals surface area contributed by atoms with Crippen LogP contribution in [0, 0.1) is 11.8 Å². The first kappa shape index (κ1) is 14.0. The Labute approximate surface area is 102 Å². The van der Waals surface area contributed by atoms with Crippen LogP contribution in [0.25, 0.3) is 0 Å². The van der Waals surface area contributed by atoms with Crippen molar-refractivity contribution in [2.45, 2.75) is 52.4 Å². The molecule has 0 radical (unpaired) electrons. The van der Waals surface area contributed by atoms with Crippen LogP contribution in [0.4, 0.5) is 0 Å². The first-order valence-electron chi connectivity index (χ1n) is 7.20. The lowest BCUT2D eigenvalue weighted by Crippen LogP contribution is -2.38. The van der Waals surface area contributed by atoms with Crippen molar-refractivity contribution in [3.63, 3.8) is 0 Å². The molecule has 2 nitrogen and oxygen atoms in total. The zero-order valence-corrected chi connectivity index (χ0v) is 11.3. The van der Waals surface area contributed by atoms with Gasteiger partial charge >= 0.3 is 0 Å². The first-order valence-corrected chi connectivity index (χ1v) is 7.20. The molecule has 96 valence electrons. The smallest absolute Gasteiger partial charge is 0.0105 e. The Balaban J connectivity index is 2.14. The van der Waals surface area contributed by atoms with Crippen molar-refractivity contribution in [2.24, 2.45) is 17.6 Å². The van der Waals surface area contributed by atoms with E-state index in [2.05, 4.69) is 18.7 Å². The third-order valence-corrected chi connectivity index (χ3v) is 4.15. The Morgan fingerprint density at radius 3 is 2.50 bits per heavy atom. The molecule has 2 N–H and O–H groups in total. The van der Waals surface area contributed by atoms with Crippen LogP contribution in [-0.4, -0.2) is 31.1 Å². The highest BCUT2D eigenvalue weighted by Crippen LogP contribution is 2.28. The highest BCUT2D eigenvalue weighted by Gasteiger charge is 2.22. The van der Waals surface area contributed by atoms with Crippen molar-refractivity contribution in [2.75, 3.05) is 26.2 Å². The van der Waals surface area contributed by atoms with E-state index in [9.17, 15) is 0 Å². The van der Waals surface area contributed by atoms with Gasteiger partial charge in [-0.15, -0.1) is 0 Å². The maximum Gasteiger partial charge on any atom is 0.0105 e. The topological polar surface area (TPSA) is 29.3 Å². The van der Waals surface area contributed by atoms with Crippen molar-refractivity contribution >= 4 is 0 Å². The predicted molar refractivity (Wildman–Crippen MR) is 71.5 cm³/mol. The number of rotatable bonds is 7. The summed E-state index contributed by atoms with van der Waals surface area (Å²) in [6.45, 7) is 9.21. The molecule has 1 heterocycles. The standard InChI is InChI=1S/C14H30N2/c1-3-4-5-6-13(2)14-7-10-16(11-8-14)12-9-15/h13-14H,3-12,15H2,1-2H3. The largest absolute Gasteiger partial charge is 0.329 e. The zero-order chi connectivity index (χ0) is 11.8. The molecule has 1 atom stereocenters. The lowest BCUT2D eigenvalue weighted by Gasteiger charge is -2.34.